The molecule has 3 rings (SSSR count). The molecule has 0 aliphatic heterocycles. The molecule has 0 aliphatic rings. The summed E-state index contributed by atoms with van der Waals surface area (Å²) < 4.78 is 13.1. The summed E-state index contributed by atoms with van der Waals surface area (Å²) >= 11 is 1.59. The summed E-state index contributed by atoms with van der Waals surface area (Å²) in [5.41, 5.74) is 3.09. The SMILES string of the molecule is C=CCCc1ncnc2scc(-c3ccc(F)cc3)c12. The summed E-state index contributed by atoms with van der Waals surface area (Å²) in [4.78, 5) is 9.69. The summed E-state index contributed by atoms with van der Waals surface area (Å²) in [6.07, 6.45) is 5.21. The van der Waals surface area contributed by atoms with Crippen molar-refractivity contribution in [2.75, 3.05) is 0 Å². The molecule has 2 nitrogen and oxygen atoms in total. The van der Waals surface area contributed by atoms with Crippen LogP contribution in [0, 0.1) is 5.82 Å². The van der Waals surface area contributed by atoms with Gasteiger partial charge in [0, 0.05) is 16.3 Å². The Morgan fingerprint density at radius 3 is 2.75 bits per heavy atom. The first kappa shape index (κ1) is 12.9. The van der Waals surface area contributed by atoms with Crippen LogP contribution in [0.2, 0.25) is 0 Å². The van der Waals surface area contributed by atoms with Crippen molar-refractivity contribution >= 4 is 21.6 Å². The lowest BCUT2D eigenvalue weighted by Gasteiger charge is -2.04. The van der Waals surface area contributed by atoms with Gasteiger partial charge in [0.25, 0.3) is 0 Å². The number of aryl methyl sites for hydroxylation is 1. The molecule has 2 aromatic heterocycles. The van der Waals surface area contributed by atoms with Gasteiger partial charge in [-0.2, -0.15) is 0 Å². The van der Waals surface area contributed by atoms with E-state index in [1.807, 2.05) is 6.08 Å². The predicted octanol–water partition coefficient (Wildman–Crippen LogP) is 4.62. The molecular formula is C16H13FN2S. The van der Waals surface area contributed by atoms with Crippen molar-refractivity contribution in [2.24, 2.45) is 0 Å². The molecule has 0 amide bonds. The molecule has 0 unspecified atom stereocenters. The Labute approximate surface area is 120 Å². The van der Waals surface area contributed by atoms with Gasteiger partial charge >= 0.3 is 0 Å². The molecule has 0 radical (unpaired) electrons. The molecular weight excluding hydrogens is 271 g/mol. The van der Waals surface area contributed by atoms with Gasteiger partial charge in [-0.15, -0.1) is 17.9 Å². The van der Waals surface area contributed by atoms with Crippen LogP contribution < -0.4 is 0 Å². The van der Waals surface area contributed by atoms with Crippen LogP contribution in [0.3, 0.4) is 0 Å². The van der Waals surface area contributed by atoms with Crippen molar-refractivity contribution in [1.82, 2.24) is 9.97 Å². The largest absolute Gasteiger partial charge is 0.241 e. The molecule has 0 N–H and O–H groups in total. The average molecular weight is 284 g/mol. The van der Waals surface area contributed by atoms with E-state index in [4.69, 9.17) is 0 Å². The molecule has 4 heteroatoms. The van der Waals surface area contributed by atoms with Crippen LogP contribution in [-0.4, -0.2) is 9.97 Å². The maximum atomic E-state index is 13.1. The second-order valence-corrected chi connectivity index (χ2v) is 5.34. The predicted molar refractivity (Wildman–Crippen MR) is 81.3 cm³/mol. The number of hydrogen-bond donors (Lipinski definition) is 0. The highest BCUT2D eigenvalue weighted by Crippen LogP contribution is 2.34. The molecule has 1 aromatic carbocycles. The van der Waals surface area contributed by atoms with Gasteiger partial charge in [-0.25, -0.2) is 14.4 Å². The molecule has 0 saturated carbocycles. The third-order valence-corrected chi connectivity index (χ3v) is 4.08. The van der Waals surface area contributed by atoms with E-state index in [1.54, 1.807) is 29.8 Å². The molecule has 3 aromatic rings. The van der Waals surface area contributed by atoms with Gasteiger partial charge in [0.15, 0.2) is 0 Å². The smallest absolute Gasteiger partial charge is 0.127 e. The van der Waals surface area contributed by atoms with Crippen LogP contribution in [0.1, 0.15) is 12.1 Å². The molecule has 0 bridgehead atoms. The summed E-state index contributed by atoms with van der Waals surface area (Å²) in [7, 11) is 0. The Morgan fingerprint density at radius 1 is 1.20 bits per heavy atom. The van der Waals surface area contributed by atoms with Gasteiger partial charge in [0.1, 0.15) is 17.0 Å². The van der Waals surface area contributed by atoms with Crippen molar-refractivity contribution in [3.05, 3.63) is 60.1 Å². The van der Waals surface area contributed by atoms with Gasteiger partial charge in [-0.3, -0.25) is 0 Å². The Morgan fingerprint density at radius 2 is 2.00 bits per heavy atom. The van der Waals surface area contributed by atoms with E-state index >= 15 is 0 Å². The molecule has 100 valence electrons. The minimum absolute atomic E-state index is 0.226. The maximum absolute atomic E-state index is 13.1. The number of rotatable bonds is 4. The molecule has 0 atom stereocenters. The van der Waals surface area contributed by atoms with Crippen molar-refractivity contribution < 1.29 is 4.39 Å². The number of nitrogens with zero attached hydrogens (tertiary/aromatic N) is 2. The molecule has 0 fully saturated rings. The number of thiophene rings is 1. The van der Waals surface area contributed by atoms with Crippen molar-refractivity contribution in [2.45, 2.75) is 12.8 Å². The lowest BCUT2D eigenvalue weighted by Crippen LogP contribution is -1.92. The Kier molecular flexibility index (Phi) is 3.56. The Bertz CT molecular complexity index is 747. The lowest BCUT2D eigenvalue weighted by atomic mass is 10.0. The van der Waals surface area contributed by atoms with E-state index in [9.17, 15) is 4.39 Å². The van der Waals surface area contributed by atoms with E-state index in [0.717, 1.165) is 39.9 Å². The highest BCUT2D eigenvalue weighted by Gasteiger charge is 2.12. The van der Waals surface area contributed by atoms with Crippen LogP contribution in [0.25, 0.3) is 21.3 Å². The molecule has 0 spiro atoms. The second kappa shape index (κ2) is 5.51. The summed E-state index contributed by atoms with van der Waals surface area (Å²) in [6.45, 7) is 3.75. The van der Waals surface area contributed by atoms with Crippen molar-refractivity contribution in [1.29, 1.82) is 0 Å². The van der Waals surface area contributed by atoms with Gasteiger partial charge in [0.05, 0.1) is 5.69 Å². The Hall–Kier alpha value is -2.07. The minimum atomic E-state index is -0.226. The molecule has 0 saturated heterocycles. The lowest BCUT2D eigenvalue weighted by molar-refractivity contribution is 0.628. The summed E-state index contributed by atoms with van der Waals surface area (Å²) in [6, 6.07) is 6.54. The van der Waals surface area contributed by atoms with Gasteiger partial charge in [-0.05, 0) is 30.5 Å². The van der Waals surface area contributed by atoms with Crippen LogP contribution >= 0.6 is 11.3 Å². The number of allylic oxidation sites excluding steroid dienone is 1. The van der Waals surface area contributed by atoms with Crippen molar-refractivity contribution in [3.63, 3.8) is 0 Å². The fourth-order valence-corrected chi connectivity index (χ4v) is 3.14. The highest BCUT2D eigenvalue weighted by atomic mass is 32.1. The first-order chi connectivity index (χ1) is 9.79. The first-order valence-corrected chi connectivity index (χ1v) is 7.25. The van der Waals surface area contributed by atoms with Crippen LogP contribution in [0.4, 0.5) is 4.39 Å². The zero-order valence-electron chi connectivity index (χ0n) is 10.8. The minimum Gasteiger partial charge on any atom is -0.241 e. The quantitative estimate of drug-likeness (QED) is 0.653. The first-order valence-electron chi connectivity index (χ1n) is 6.37. The Balaban J connectivity index is 2.15. The second-order valence-electron chi connectivity index (χ2n) is 4.48. The summed E-state index contributed by atoms with van der Waals surface area (Å²) in [5, 5.41) is 3.13. The molecule has 0 aliphatic carbocycles. The van der Waals surface area contributed by atoms with E-state index in [2.05, 4.69) is 21.9 Å². The number of aromatic nitrogens is 2. The number of fused-ring (bicyclic) bond motifs is 1. The van der Waals surface area contributed by atoms with Gasteiger partial charge < -0.3 is 0 Å². The van der Waals surface area contributed by atoms with Crippen LogP contribution in [-0.2, 0) is 6.42 Å². The van der Waals surface area contributed by atoms with Crippen LogP contribution in [0.15, 0.2) is 48.6 Å². The fourth-order valence-electron chi connectivity index (χ4n) is 2.21. The number of hydrogen-bond acceptors (Lipinski definition) is 3. The summed E-state index contributed by atoms with van der Waals surface area (Å²) in [5.74, 6) is -0.226. The molecule has 20 heavy (non-hydrogen) atoms. The highest BCUT2D eigenvalue weighted by molar-refractivity contribution is 7.17. The van der Waals surface area contributed by atoms with E-state index in [0.29, 0.717) is 0 Å². The fraction of sp³-hybridized carbons (Fsp3) is 0.125. The zero-order valence-corrected chi connectivity index (χ0v) is 11.7. The standard InChI is InChI=1S/C16H13FN2S/c1-2-3-4-14-15-13(9-20-16(15)19-10-18-14)11-5-7-12(17)8-6-11/h2,5-10H,1,3-4H2. The third kappa shape index (κ3) is 2.34. The molecule has 2 heterocycles. The number of halogens is 1. The van der Waals surface area contributed by atoms with Gasteiger partial charge in [-0.1, -0.05) is 18.2 Å². The monoisotopic (exact) mass is 284 g/mol. The van der Waals surface area contributed by atoms with Crippen molar-refractivity contribution in [3.8, 4) is 11.1 Å². The van der Waals surface area contributed by atoms with E-state index in [1.165, 1.54) is 12.1 Å². The maximum Gasteiger partial charge on any atom is 0.127 e. The number of benzene rings is 1. The third-order valence-electron chi connectivity index (χ3n) is 3.19. The zero-order chi connectivity index (χ0) is 13.9. The van der Waals surface area contributed by atoms with Gasteiger partial charge in [0.2, 0.25) is 0 Å². The normalized spacial score (nSPS) is 10.8. The van der Waals surface area contributed by atoms with E-state index in [-0.39, 0.29) is 5.82 Å². The average Bonchev–Trinajstić information content (AvgIpc) is 2.90. The van der Waals surface area contributed by atoms with Crippen LogP contribution in [0.5, 0.6) is 0 Å². The van der Waals surface area contributed by atoms with E-state index < -0.39 is 0 Å². The topological polar surface area (TPSA) is 25.8 Å².